The largest absolute Gasteiger partial charge is 0.394 e. The number of rotatable bonds is 5. The van der Waals surface area contributed by atoms with Crippen LogP contribution >= 0.6 is 0 Å². The Kier molecular flexibility index (Phi) is 4.78. The second-order valence-corrected chi connectivity index (χ2v) is 2.07. The van der Waals surface area contributed by atoms with E-state index in [4.69, 9.17) is 10.2 Å². The molecule has 5 nitrogen and oxygen atoms in total. The van der Waals surface area contributed by atoms with E-state index >= 15 is 0 Å². The molecule has 0 rings (SSSR count). The van der Waals surface area contributed by atoms with Crippen molar-refractivity contribution in [3.8, 4) is 0 Å². The van der Waals surface area contributed by atoms with Crippen molar-refractivity contribution in [2.45, 2.75) is 13.0 Å². The summed E-state index contributed by atoms with van der Waals surface area (Å²) in [6, 6.07) is 0. The van der Waals surface area contributed by atoms with E-state index < -0.39 is 6.10 Å². The summed E-state index contributed by atoms with van der Waals surface area (Å²) in [5, 5.41) is 20.8. The number of nitrogens with zero attached hydrogens (tertiary/aromatic N) is 2. The lowest BCUT2D eigenvalue weighted by molar-refractivity contribution is 0.112. The summed E-state index contributed by atoms with van der Waals surface area (Å²) in [4.78, 5) is 9.88. The first-order chi connectivity index (χ1) is 4.70. The van der Waals surface area contributed by atoms with E-state index in [1.165, 1.54) is 0 Å². The molecule has 0 aliphatic heterocycles. The second kappa shape index (κ2) is 5.13. The van der Waals surface area contributed by atoms with E-state index in [2.05, 4.69) is 5.29 Å². The fourth-order valence-electron chi connectivity index (χ4n) is 0.586. The minimum atomic E-state index is -0.593. The lowest BCUT2D eigenvalue weighted by atomic mass is 10.4. The first-order valence-electron chi connectivity index (χ1n) is 3.08. The Bertz CT molecular complexity index is 96.9. The van der Waals surface area contributed by atoms with Gasteiger partial charge in [-0.1, -0.05) is 0 Å². The highest BCUT2D eigenvalue weighted by molar-refractivity contribution is 4.54. The van der Waals surface area contributed by atoms with Gasteiger partial charge in [0.05, 0.1) is 31.1 Å². The SMILES string of the molecule is CC(O)CN(CCO)N=O. The molecule has 5 heteroatoms. The summed E-state index contributed by atoms with van der Waals surface area (Å²) in [5.74, 6) is 0. The molecule has 0 amide bonds. The highest BCUT2D eigenvalue weighted by Gasteiger charge is 2.04. The van der Waals surface area contributed by atoms with Gasteiger partial charge < -0.3 is 10.2 Å². The van der Waals surface area contributed by atoms with E-state index in [0.29, 0.717) is 0 Å². The first-order valence-corrected chi connectivity index (χ1v) is 3.08. The zero-order chi connectivity index (χ0) is 7.98. The van der Waals surface area contributed by atoms with Gasteiger partial charge in [-0.2, -0.15) is 0 Å². The highest BCUT2D eigenvalue weighted by Crippen LogP contribution is 1.90. The third kappa shape index (κ3) is 4.22. The van der Waals surface area contributed by atoms with Gasteiger partial charge in [0.25, 0.3) is 0 Å². The highest BCUT2D eigenvalue weighted by atomic mass is 16.3. The van der Waals surface area contributed by atoms with Gasteiger partial charge in [0, 0.05) is 0 Å². The molecule has 0 radical (unpaired) electrons. The van der Waals surface area contributed by atoms with Crippen LogP contribution < -0.4 is 0 Å². The van der Waals surface area contributed by atoms with Crippen LogP contribution in [0.5, 0.6) is 0 Å². The quantitative estimate of drug-likeness (QED) is 0.401. The van der Waals surface area contributed by atoms with Gasteiger partial charge >= 0.3 is 0 Å². The Morgan fingerprint density at radius 3 is 2.60 bits per heavy atom. The van der Waals surface area contributed by atoms with Gasteiger partial charge in [0.1, 0.15) is 0 Å². The van der Waals surface area contributed by atoms with E-state index in [-0.39, 0.29) is 19.7 Å². The Balaban J connectivity index is 3.49. The molecule has 0 aromatic rings. The summed E-state index contributed by atoms with van der Waals surface area (Å²) < 4.78 is 0. The fourth-order valence-corrected chi connectivity index (χ4v) is 0.586. The molecule has 0 aliphatic carbocycles. The summed E-state index contributed by atoms with van der Waals surface area (Å²) in [6.07, 6.45) is -0.593. The number of hydrogen-bond donors (Lipinski definition) is 2. The smallest absolute Gasteiger partial charge is 0.0705 e. The van der Waals surface area contributed by atoms with Crippen molar-refractivity contribution in [2.24, 2.45) is 5.29 Å². The molecule has 2 N–H and O–H groups in total. The number of aliphatic hydroxyl groups is 2. The Hall–Kier alpha value is -0.680. The molecular formula is C5H12N2O3. The maximum absolute atomic E-state index is 9.88. The van der Waals surface area contributed by atoms with Gasteiger partial charge in [-0.05, 0) is 6.92 Å². The standard InChI is InChI=1S/C5H12N2O3/c1-5(9)4-7(6-10)2-3-8/h5,8-9H,2-4H2,1H3. The van der Waals surface area contributed by atoms with Crippen LogP contribution in [0.4, 0.5) is 0 Å². The zero-order valence-electron chi connectivity index (χ0n) is 5.90. The van der Waals surface area contributed by atoms with Crippen molar-refractivity contribution in [3.63, 3.8) is 0 Å². The Labute approximate surface area is 59.2 Å². The Morgan fingerprint density at radius 1 is 1.70 bits per heavy atom. The molecule has 0 heterocycles. The Morgan fingerprint density at radius 2 is 2.30 bits per heavy atom. The predicted molar refractivity (Wildman–Crippen MR) is 36.1 cm³/mol. The summed E-state index contributed by atoms with van der Waals surface area (Å²) in [6.45, 7) is 1.77. The molecule has 10 heavy (non-hydrogen) atoms. The van der Waals surface area contributed by atoms with Crippen molar-refractivity contribution < 1.29 is 10.2 Å². The molecule has 0 saturated heterocycles. The van der Waals surface area contributed by atoms with Gasteiger partial charge in [-0.3, -0.25) is 5.01 Å². The first kappa shape index (κ1) is 9.32. The third-order valence-corrected chi connectivity index (χ3v) is 0.949. The van der Waals surface area contributed by atoms with Crippen LogP contribution in [-0.4, -0.2) is 41.0 Å². The molecule has 0 saturated carbocycles. The summed E-state index contributed by atoms with van der Waals surface area (Å²) in [7, 11) is 0. The van der Waals surface area contributed by atoms with Crippen LogP contribution in [0.25, 0.3) is 0 Å². The van der Waals surface area contributed by atoms with Crippen molar-refractivity contribution >= 4 is 0 Å². The minimum absolute atomic E-state index is 0.127. The molecule has 1 unspecified atom stereocenters. The minimum Gasteiger partial charge on any atom is -0.394 e. The zero-order valence-corrected chi connectivity index (χ0v) is 5.90. The van der Waals surface area contributed by atoms with Crippen LogP contribution in [0.3, 0.4) is 0 Å². The van der Waals surface area contributed by atoms with Crippen molar-refractivity contribution in [1.29, 1.82) is 0 Å². The molecular weight excluding hydrogens is 136 g/mol. The molecule has 0 spiro atoms. The van der Waals surface area contributed by atoms with Gasteiger partial charge in [0.2, 0.25) is 0 Å². The topological polar surface area (TPSA) is 73.1 Å². The van der Waals surface area contributed by atoms with Crippen LogP contribution in [0.2, 0.25) is 0 Å². The average Bonchev–Trinajstić information content (AvgIpc) is 1.86. The fraction of sp³-hybridized carbons (Fsp3) is 1.00. The number of nitroso groups, excluding NO2 is 1. The number of hydrogen-bond acceptors (Lipinski definition) is 4. The van der Waals surface area contributed by atoms with Crippen molar-refractivity contribution in [1.82, 2.24) is 5.01 Å². The lowest BCUT2D eigenvalue weighted by Gasteiger charge is -2.14. The average molecular weight is 148 g/mol. The molecule has 0 aromatic heterocycles. The van der Waals surface area contributed by atoms with Gasteiger partial charge in [-0.15, -0.1) is 4.91 Å². The molecule has 60 valence electrons. The van der Waals surface area contributed by atoms with E-state index in [9.17, 15) is 4.91 Å². The van der Waals surface area contributed by atoms with Crippen LogP contribution in [0, 0.1) is 4.91 Å². The van der Waals surface area contributed by atoms with E-state index in [1.807, 2.05) is 0 Å². The van der Waals surface area contributed by atoms with Crippen LogP contribution in [0.15, 0.2) is 5.29 Å². The third-order valence-electron chi connectivity index (χ3n) is 0.949. The van der Waals surface area contributed by atoms with Crippen molar-refractivity contribution in [3.05, 3.63) is 4.91 Å². The summed E-state index contributed by atoms with van der Waals surface area (Å²) >= 11 is 0. The molecule has 0 aromatic carbocycles. The molecule has 1 atom stereocenters. The van der Waals surface area contributed by atoms with Gasteiger partial charge in [0.15, 0.2) is 0 Å². The molecule has 0 fully saturated rings. The monoisotopic (exact) mass is 148 g/mol. The molecule has 0 aliphatic rings. The van der Waals surface area contributed by atoms with E-state index in [1.54, 1.807) is 6.92 Å². The van der Waals surface area contributed by atoms with Crippen molar-refractivity contribution in [2.75, 3.05) is 19.7 Å². The predicted octanol–water partition coefficient (Wildman–Crippen LogP) is -0.657. The normalized spacial score (nSPS) is 12.7. The maximum Gasteiger partial charge on any atom is 0.0705 e. The van der Waals surface area contributed by atoms with E-state index in [0.717, 1.165) is 5.01 Å². The maximum atomic E-state index is 9.88. The lowest BCUT2D eigenvalue weighted by Crippen LogP contribution is -2.28. The van der Waals surface area contributed by atoms with Crippen LogP contribution in [0.1, 0.15) is 6.92 Å². The van der Waals surface area contributed by atoms with Crippen LogP contribution in [-0.2, 0) is 0 Å². The summed E-state index contributed by atoms with van der Waals surface area (Å²) in [5.41, 5.74) is 0. The number of aliphatic hydroxyl groups excluding tert-OH is 2. The molecule has 0 bridgehead atoms. The second-order valence-electron chi connectivity index (χ2n) is 2.07. The van der Waals surface area contributed by atoms with Gasteiger partial charge in [-0.25, -0.2) is 0 Å².